The van der Waals surface area contributed by atoms with Gasteiger partial charge in [-0.25, -0.2) is 4.98 Å². The quantitative estimate of drug-likeness (QED) is 0.806. The van der Waals surface area contributed by atoms with Crippen LogP contribution in [0.3, 0.4) is 0 Å². The standard InChI is InChI=1S/C11H13N5O/c1-16-5-4-9(15-16)11(17)14-10-3-2-8(6-12)7-13-10/h2-5,7H,6,12H2,1H3,(H,13,14,17). The number of rotatable bonds is 3. The molecule has 0 bridgehead atoms. The van der Waals surface area contributed by atoms with E-state index in [0.29, 0.717) is 18.1 Å². The van der Waals surface area contributed by atoms with E-state index in [9.17, 15) is 4.79 Å². The van der Waals surface area contributed by atoms with Crippen LogP contribution in [0.5, 0.6) is 0 Å². The molecular weight excluding hydrogens is 218 g/mol. The molecule has 0 aliphatic heterocycles. The molecule has 6 heteroatoms. The number of amides is 1. The number of nitrogens with one attached hydrogen (secondary N) is 1. The molecule has 1 amide bonds. The third-order valence-electron chi connectivity index (χ3n) is 2.25. The second-order valence-corrected chi connectivity index (χ2v) is 3.58. The van der Waals surface area contributed by atoms with Crippen molar-refractivity contribution in [2.45, 2.75) is 6.54 Å². The fourth-order valence-corrected chi connectivity index (χ4v) is 1.34. The number of aryl methyl sites for hydroxylation is 1. The summed E-state index contributed by atoms with van der Waals surface area (Å²) >= 11 is 0. The van der Waals surface area contributed by atoms with Crippen molar-refractivity contribution < 1.29 is 4.79 Å². The number of hydrogen-bond donors (Lipinski definition) is 2. The van der Waals surface area contributed by atoms with Gasteiger partial charge in [0.1, 0.15) is 5.82 Å². The summed E-state index contributed by atoms with van der Waals surface area (Å²) in [5.74, 6) is 0.205. The molecule has 0 saturated carbocycles. The molecule has 0 unspecified atom stereocenters. The van der Waals surface area contributed by atoms with Crippen molar-refractivity contribution in [2.24, 2.45) is 12.8 Å². The van der Waals surface area contributed by atoms with Crippen LogP contribution in [0.2, 0.25) is 0 Å². The van der Waals surface area contributed by atoms with Gasteiger partial charge in [0.05, 0.1) is 0 Å². The second-order valence-electron chi connectivity index (χ2n) is 3.58. The first-order valence-corrected chi connectivity index (χ1v) is 5.15. The van der Waals surface area contributed by atoms with E-state index >= 15 is 0 Å². The molecular formula is C11H13N5O. The average molecular weight is 231 g/mol. The second kappa shape index (κ2) is 4.75. The molecule has 2 aromatic heterocycles. The lowest BCUT2D eigenvalue weighted by Crippen LogP contribution is -2.14. The van der Waals surface area contributed by atoms with Crippen molar-refractivity contribution in [1.29, 1.82) is 0 Å². The predicted molar refractivity (Wildman–Crippen MR) is 63.3 cm³/mol. The van der Waals surface area contributed by atoms with Crippen molar-refractivity contribution in [3.63, 3.8) is 0 Å². The van der Waals surface area contributed by atoms with E-state index in [-0.39, 0.29) is 5.91 Å². The Morgan fingerprint density at radius 1 is 1.47 bits per heavy atom. The van der Waals surface area contributed by atoms with Gasteiger partial charge in [0, 0.05) is 26.0 Å². The van der Waals surface area contributed by atoms with E-state index < -0.39 is 0 Å². The van der Waals surface area contributed by atoms with Crippen LogP contribution in [0.1, 0.15) is 16.1 Å². The highest BCUT2D eigenvalue weighted by Gasteiger charge is 2.09. The lowest BCUT2D eigenvalue weighted by atomic mass is 10.3. The molecule has 0 atom stereocenters. The van der Waals surface area contributed by atoms with Gasteiger partial charge in [-0.2, -0.15) is 5.10 Å². The SMILES string of the molecule is Cn1ccc(C(=O)Nc2ccc(CN)cn2)n1. The van der Waals surface area contributed by atoms with Crippen molar-refractivity contribution >= 4 is 11.7 Å². The van der Waals surface area contributed by atoms with E-state index in [1.807, 2.05) is 6.07 Å². The van der Waals surface area contributed by atoms with Gasteiger partial charge in [0.2, 0.25) is 0 Å². The summed E-state index contributed by atoms with van der Waals surface area (Å²) in [5.41, 5.74) is 6.73. The van der Waals surface area contributed by atoms with E-state index in [2.05, 4.69) is 15.4 Å². The Balaban J connectivity index is 2.07. The number of aromatic nitrogens is 3. The molecule has 0 aromatic carbocycles. The highest BCUT2D eigenvalue weighted by atomic mass is 16.2. The molecule has 17 heavy (non-hydrogen) atoms. The highest BCUT2D eigenvalue weighted by Crippen LogP contribution is 2.06. The third kappa shape index (κ3) is 2.67. The Kier molecular flexibility index (Phi) is 3.15. The first-order chi connectivity index (χ1) is 8.19. The maximum Gasteiger partial charge on any atom is 0.277 e. The molecule has 2 aromatic rings. The fraction of sp³-hybridized carbons (Fsp3) is 0.182. The van der Waals surface area contributed by atoms with Crippen molar-refractivity contribution in [2.75, 3.05) is 5.32 Å². The maximum atomic E-state index is 11.7. The Bertz CT molecular complexity index is 517. The number of nitrogens with zero attached hydrogens (tertiary/aromatic N) is 3. The molecule has 88 valence electrons. The monoisotopic (exact) mass is 231 g/mol. The minimum atomic E-state index is -0.279. The summed E-state index contributed by atoms with van der Waals surface area (Å²) in [7, 11) is 1.76. The van der Waals surface area contributed by atoms with Gasteiger partial charge < -0.3 is 11.1 Å². The number of nitrogens with two attached hydrogens (primary N) is 1. The van der Waals surface area contributed by atoms with Crippen LogP contribution in [0.25, 0.3) is 0 Å². The van der Waals surface area contributed by atoms with Gasteiger partial charge in [-0.1, -0.05) is 6.07 Å². The van der Waals surface area contributed by atoms with Gasteiger partial charge in [-0.15, -0.1) is 0 Å². The largest absolute Gasteiger partial charge is 0.326 e. The summed E-state index contributed by atoms with van der Waals surface area (Å²) < 4.78 is 1.57. The molecule has 0 aliphatic rings. The fourth-order valence-electron chi connectivity index (χ4n) is 1.34. The molecule has 2 heterocycles. The van der Waals surface area contributed by atoms with Crippen LogP contribution in [0.4, 0.5) is 5.82 Å². The van der Waals surface area contributed by atoms with Gasteiger partial charge >= 0.3 is 0 Å². The molecule has 0 spiro atoms. The Morgan fingerprint density at radius 2 is 2.29 bits per heavy atom. The Morgan fingerprint density at radius 3 is 2.82 bits per heavy atom. The van der Waals surface area contributed by atoms with E-state index in [0.717, 1.165) is 5.56 Å². The molecule has 0 fully saturated rings. The Labute approximate surface area is 98.5 Å². The van der Waals surface area contributed by atoms with Crippen LogP contribution in [0.15, 0.2) is 30.6 Å². The summed E-state index contributed by atoms with van der Waals surface area (Å²) in [6.45, 7) is 0.432. The van der Waals surface area contributed by atoms with Gasteiger partial charge in [0.15, 0.2) is 5.69 Å². The number of carbonyl (C=O) groups is 1. The van der Waals surface area contributed by atoms with Crippen LogP contribution >= 0.6 is 0 Å². The lowest BCUT2D eigenvalue weighted by molar-refractivity contribution is 0.102. The zero-order valence-electron chi connectivity index (χ0n) is 9.42. The van der Waals surface area contributed by atoms with Crippen LogP contribution in [-0.2, 0) is 13.6 Å². The first-order valence-electron chi connectivity index (χ1n) is 5.15. The number of carbonyl (C=O) groups excluding carboxylic acids is 1. The van der Waals surface area contributed by atoms with Crippen molar-refractivity contribution in [3.05, 3.63) is 41.9 Å². The molecule has 3 N–H and O–H groups in total. The van der Waals surface area contributed by atoms with Gasteiger partial charge in [-0.3, -0.25) is 9.48 Å². The summed E-state index contributed by atoms with van der Waals surface area (Å²) in [4.78, 5) is 15.8. The first kappa shape index (κ1) is 11.3. The van der Waals surface area contributed by atoms with E-state index in [1.54, 1.807) is 36.3 Å². The number of anilines is 1. The number of hydrogen-bond acceptors (Lipinski definition) is 4. The minimum Gasteiger partial charge on any atom is -0.326 e. The highest BCUT2D eigenvalue weighted by molar-refractivity contribution is 6.02. The van der Waals surface area contributed by atoms with Crippen LogP contribution in [-0.4, -0.2) is 20.7 Å². The summed E-state index contributed by atoms with van der Waals surface area (Å²) in [6, 6.07) is 5.17. The third-order valence-corrected chi connectivity index (χ3v) is 2.25. The van der Waals surface area contributed by atoms with Crippen LogP contribution in [0, 0.1) is 0 Å². The zero-order chi connectivity index (χ0) is 12.3. The van der Waals surface area contributed by atoms with E-state index in [4.69, 9.17) is 5.73 Å². The topological polar surface area (TPSA) is 85.8 Å². The molecule has 0 radical (unpaired) electrons. The van der Waals surface area contributed by atoms with Crippen molar-refractivity contribution in [3.8, 4) is 0 Å². The maximum absolute atomic E-state index is 11.7. The smallest absolute Gasteiger partial charge is 0.277 e. The van der Waals surface area contributed by atoms with Crippen molar-refractivity contribution in [1.82, 2.24) is 14.8 Å². The number of pyridine rings is 1. The molecule has 2 rings (SSSR count). The predicted octanol–water partition coefficient (Wildman–Crippen LogP) is 0.526. The summed E-state index contributed by atoms with van der Waals surface area (Å²) in [6.07, 6.45) is 3.34. The zero-order valence-corrected chi connectivity index (χ0v) is 9.42. The molecule has 6 nitrogen and oxygen atoms in total. The Hall–Kier alpha value is -2.21. The summed E-state index contributed by atoms with van der Waals surface area (Å²) in [5, 5.41) is 6.65. The molecule has 0 saturated heterocycles. The normalized spacial score (nSPS) is 10.2. The van der Waals surface area contributed by atoms with Crippen LogP contribution < -0.4 is 11.1 Å². The minimum absolute atomic E-state index is 0.279. The molecule has 0 aliphatic carbocycles. The average Bonchev–Trinajstić information content (AvgIpc) is 2.77. The van der Waals surface area contributed by atoms with Gasteiger partial charge in [-0.05, 0) is 17.7 Å². The lowest BCUT2D eigenvalue weighted by Gasteiger charge is -2.02. The van der Waals surface area contributed by atoms with Gasteiger partial charge in [0.25, 0.3) is 5.91 Å². The van der Waals surface area contributed by atoms with E-state index in [1.165, 1.54) is 0 Å².